The van der Waals surface area contributed by atoms with Gasteiger partial charge in [-0.15, -0.1) is 0 Å². The number of carbonyl (C=O) groups is 1. The lowest BCUT2D eigenvalue weighted by Crippen LogP contribution is -2.51. The first kappa shape index (κ1) is 19.9. The van der Waals surface area contributed by atoms with Gasteiger partial charge in [-0.3, -0.25) is 4.79 Å². The van der Waals surface area contributed by atoms with E-state index in [0.717, 1.165) is 22.3 Å². The van der Waals surface area contributed by atoms with Crippen molar-refractivity contribution in [2.24, 2.45) is 0 Å². The normalized spacial score (nSPS) is 16.3. The Morgan fingerprint density at radius 2 is 1.56 bits per heavy atom. The third-order valence-electron chi connectivity index (χ3n) is 4.92. The molecule has 0 aliphatic carbocycles. The van der Waals surface area contributed by atoms with Crippen molar-refractivity contribution in [2.75, 3.05) is 39.4 Å². The topological polar surface area (TPSA) is 66.9 Å². The summed E-state index contributed by atoms with van der Waals surface area (Å²) in [7, 11) is -3.57. The Labute approximate surface area is 150 Å². The lowest BCUT2D eigenvalue weighted by molar-refractivity contribution is -0.137. The highest BCUT2D eigenvalue weighted by Gasteiger charge is 2.32. The fourth-order valence-electron chi connectivity index (χ4n) is 3.16. The molecule has 0 atom stereocenters. The Balaban J connectivity index is 2.20. The van der Waals surface area contributed by atoms with Crippen LogP contribution >= 0.6 is 0 Å². The van der Waals surface area contributed by atoms with Gasteiger partial charge in [0.2, 0.25) is 15.9 Å². The number of carbonyl (C=O) groups excluding carboxylic acids is 1. The number of amides is 1. The van der Waals surface area contributed by atoms with E-state index in [1.165, 1.54) is 4.31 Å². The summed E-state index contributed by atoms with van der Waals surface area (Å²) in [4.78, 5) is 14.1. The van der Waals surface area contributed by atoms with E-state index in [2.05, 4.69) is 0 Å². The maximum atomic E-state index is 13.2. The van der Waals surface area contributed by atoms with Crippen molar-refractivity contribution in [3.63, 3.8) is 0 Å². The highest BCUT2D eigenvalue weighted by molar-refractivity contribution is 7.89. The van der Waals surface area contributed by atoms with Crippen LogP contribution in [0.2, 0.25) is 0 Å². The van der Waals surface area contributed by atoms with Crippen LogP contribution in [0.1, 0.15) is 29.2 Å². The molecule has 0 bridgehead atoms. The van der Waals surface area contributed by atoms with E-state index in [4.69, 9.17) is 4.74 Å². The highest BCUT2D eigenvalue weighted by atomic mass is 32.2. The molecule has 0 N–H and O–H groups in total. The Kier molecular flexibility index (Phi) is 6.24. The van der Waals surface area contributed by atoms with Crippen LogP contribution in [-0.2, 0) is 19.6 Å². The summed E-state index contributed by atoms with van der Waals surface area (Å²) in [6.45, 7) is 11.4. The molecule has 2 rings (SSSR count). The molecule has 0 spiro atoms. The van der Waals surface area contributed by atoms with Gasteiger partial charge in [-0.05, 0) is 56.9 Å². The molecular formula is C18H28N2O4S. The van der Waals surface area contributed by atoms with Crippen molar-refractivity contribution in [3.8, 4) is 0 Å². The van der Waals surface area contributed by atoms with Gasteiger partial charge in [-0.25, -0.2) is 8.42 Å². The first-order chi connectivity index (χ1) is 11.7. The van der Waals surface area contributed by atoms with E-state index in [0.29, 0.717) is 37.7 Å². The number of hydrogen-bond donors (Lipinski definition) is 0. The minimum absolute atomic E-state index is 0.0541. The zero-order valence-electron chi connectivity index (χ0n) is 15.8. The van der Waals surface area contributed by atoms with E-state index in [1.807, 2.05) is 40.7 Å². The van der Waals surface area contributed by atoms with Gasteiger partial charge in [-0.1, -0.05) is 6.07 Å². The van der Waals surface area contributed by atoms with E-state index in [-0.39, 0.29) is 12.5 Å². The number of aryl methyl sites for hydroxylation is 2. The Morgan fingerprint density at radius 1 is 1.04 bits per heavy atom. The maximum Gasteiger partial charge on any atom is 0.248 e. The first-order valence-corrected chi connectivity index (χ1v) is 10.1. The molecule has 1 heterocycles. The van der Waals surface area contributed by atoms with Gasteiger partial charge in [0.05, 0.1) is 4.90 Å². The smallest absolute Gasteiger partial charge is 0.248 e. The Bertz CT molecular complexity index is 725. The van der Waals surface area contributed by atoms with Crippen molar-refractivity contribution in [2.45, 2.75) is 39.5 Å². The molecule has 0 unspecified atom stereocenters. The summed E-state index contributed by atoms with van der Waals surface area (Å²) in [6, 6.07) is 2.02. The minimum atomic E-state index is -3.57. The minimum Gasteiger partial charge on any atom is -0.372 e. The molecule has 1 aromatic rings. The van der Waals surface area contributed by atoms with Crippen LogP contribution < -0.4 is 0 Å². The molecule has 1 saturated heterocycles. The summed E-state index contributed by atoms with van der Waals surface area (Å²) in [5.41, 5.74) is 3.57. The number of sulfonamides is 1. The van der Waals surface area contributed by atoms with Crippen LogP contribution in [0.4, 0.5) is 0 Å². The van der Waals surface area contributed by atoms with E-state index in [1.54, 1.807) is 4.90 Å². The first-order valence-electron chi connectivity index (χ1n) is 8.63. The molecule has 0 saturated carbocycles. The molecule has 1 aromatic carbocycles. The third kappa shape index (κ3) is 4.04. The lowest BCUT2D eigenvalue weighted by atomic mass is 10.0. The molecule has 25 heavy (non-hydrogen) atoms. The molecule has 140 valence electrons. The number of piperazine rings is 1. The van der Waals surface area contributed by atoms with Gasteiger partial charge < -0.3 is 9.64 Å². The average Bonchev–Trinajstić information content (AvgIpc) is 2.58. The van der Waals surface area contributed by atoms with Gasteiger partial charge in [0, 0.05) is 32.8 Å². The van der Waals surface area contributed by atoms with Crippen molar-refractivity contribution in [1.29, 1.82) is 0 Å². The number of benzene rings is 1. The lowest BCUT2D eigenvalue weighted by Gasteiger charge is -2.34. The van der Waals surface area contributed by atoms with Crippen LogP contribution in [0, 0.1) is 27.7 Å². The monoisotopic (exact) mass is 368 g/mol. The molecular weight excluding hydrogens is 340 g/mol. The molecule has 0 radical (unpaired) electrons. The largest absolute Gasteiger partial charge is 0.372 e. The van der Waals surface area contributed by atoms with Crippen LogP contribution in [0.5, 0.6) is 0 Å². The number of ether oxygens (including phenoxy) is 1. The second kappa shape index (κ2) is 7.85. The van der Waals surface area contributed by atoms with E-state index >= 15 is 0 Å². The summed E-state index contributed by atoms with van der Waals surface area (Å²) in [5, 5.41) is 0. The second-order valence-electron chi connectivity index (χ2n) is 6.51. The van der Waals surface area contributed by atoms with Gasteiger partial charge in [0.1, 0.15) is 6.61 Å². The Hall–Kier alpha value is -1.44. The van der Waals surface area contributed by atoms with Gasteiger partial charge in [-0.2, -0.15) is 4.31 Å². The standard InChI is InChI=1S/C18H28N2O4S/c1-6-24-12-17(21)19-7-9-20(10-8-19)25(22,23)18-15(4)13(2)11-14(3)16(18)5/h11H,6-10,12H2,1-5H3. The third-order valence-corrected chi connectivity index (χ3v) is 7.09. The van der Waals surface area contributed by atoms with Crippen molar-refractivity contribution < 1.29 is 17.9 Å². The van der Waals surface area contributed by atoms with E-state index < -0.39 is 10.0 Å². The van der Waals surface area contributed by atoms with Gasteiger partial charge >= 0.3 is 0 Å². The molecule has 1 fully saturated rings. The summed E-state index contributed by atoms with van der Waals surface area (Å²) in [6.07, 6.45) is 0. The van der Waals surface area contributed by atoms with Gasteiger partial charge in [0.15, 0.2) is 0 Å². The number of hydrogen-bond acceptors (Lipinski definition) is 4. The molecule has 6 nitrogen and oxygen atoms in total. The fourth-order valence-corrected chi connectivity index (χ4v) is 5.15. The van der Waals surface area contributed by atoms with Crippen LogP contribution in [-0.4, -0.2) is 62.9 Å². The summed E-state index contributed by atoms with van der Waals surface area (Å²) >= 11 is 0. The molecule has 0 aromatic heterocycles. The van der Waals surface area contributed by atoms with Crippen molar-refractivity contribution >= 4 is 15.9 Å². The Morgan fingerprint density at radius 3 is 2.04 bits per heavy atom. The molecule has 1 amide bonds. The zero-order chi connectivity index (χ0) is 18.8. The van der Waals surface area contributed by atoms with Crippen LogP contribution in [0.3, 0.4) is 0 Å². The maximum absolute atomic E-state index is 13.2. The van der Waals surface area contributed by atoms with Crippen LogP contribution in [0.25, 0.3) is 0 Å². The number of nitrogens with zero attached hydrogens (tertiary/aromatic N) is 2. The predicted octanol–water partition coefficient (Wildman–Crippen LogP) is 1.79. The number of rotatable bonds is 5. The molecule has 1 aliphatic heterocycles. The highest BCUT2D eigenvalue weighted by Crippen LogP contribution is 2.29. The van der Waals surface area contributed by atoms with Gasteiger partial charge in [0.25, 0.3) is 0 Å². The summed E-state index contributed by atoms with van der Waals surface area (Å²) in [5.74, 6) is -0.0855. The average molecular weight is 368 g/mol. The summed E-state index contributed by atoms with van der Waals surface area (Å²) < 4.78 is 33.0. The van der Waals surface area contributed by atoms with Crippen LogP contribution in [0.15, 0.2) is 11.0 Å². The SMILES string of the molecule is CCOCC(=O)N1CCN(S(=O)(=O)c2c(C)c(C)cc(C)c2C)CC1. The predicted molar refractivity (Wildman–Crippen MR) is 97.2 cm³/mol. The van der Waals surface area contributed by atoms with Crippen molar-refractivity contribution in [1.82, 2.24) is 9.21 Å². The van der Waals surface area contributed by atoms with Crippen molar-refractivity contribution in [3.05, 3.63) is 28.3 Å². The zero-order valence-corrected chi connectivity index (χ0v) is 16.6. The molecule has 1 aliphatic rings. The fraction of sp³-hybridized carbons (Fsp3) is 0.611. The second-order valence-corrected chi connectivity index (χ2v) is 8.39. The quantitative estimate of drug-likeness (QED) is 0.795. The molecule has 7 heteroatoms. The van der Waals surface area contributed by atoms with E-state index in [9.17, 15) is 13.2 Å².